The summed E-state index contributed by atoms with van der Waals surface area (Å²) in [6, 6.07) is 8.56. The van der Waals surface area contributed by atoms with E-state index in [-0.39, 0.29) is 12.4 Å². The minimum atomic E-state index is 0. The van der Waals surface area contributed by atoms with Crippen LogP contribution in [0.2, 0.25) is 0 Å². The van der Waals surface area contributed by atoms with E-state index in [1.165, 1.54) is 21.9 Å². The van der Waals surface area contributed by atoms with Crippen LogP contribution in [0, 0.1) is 6.92 Å². The third-order valence-electron chi connectivity index (χ3n) is 2.73. The second kappa shape index (κ2) is 4.95. The van der Waals surface area contributed by atoms with Crippen LogP contribution >= 0.6 is 24.2 Å². The molecule has 1 aliphatic heterocycles. The minimum absolute atomic E-state index is 0. The summed E-state index contributed by atoms with van der Waals surface area (Å²) in [5, 5.41) is 0. The molecule has 82 valence electrons. The average Bonchev–Trinajstić information content (AvgIpc) is 2.49. The Labute approximate surface area is 102 Å². The van der Waals surface area contributed by atoms with E-state index in [0.717, 1.165) is 5.88 Å². The van der Waals surface area contributed by atoms with Crippen LogP contribution in [0.1, 0.15) is 19.4 Å². The van der Waals surface area contributed by atoms with E-state index < -0.39 is 0 Å². The third-order valence-corrected chi connectivity index (χ3v) is 3.85. The molecule has 0 aliphatic carbocycles. The van der Waals surface area contributed by atoms with Crippen LogP contribution in [0.15, 0.2) is 34.9 Å². The molecule has 3 heteroatoms. The van der Waals surface area contributed by atoms with Crippen molar-refractivity contribution in [1.29, 1.82) is 0 Å². The lowest BCUT2D eigenvalue weighted by Gasteiger charge is -2.21. The Hall–Kier alpha value is -0.600. The molecule has 0 radical (unpaired) electrons. The van der Waals surface area contributed by atoms with Gasteiger partial charge in [0.2, 0.25) is 0 Å². The molecule has 0 aromatic heterocycles. The van der Waals surface area contributed by atoms with E-state index in [0.29, 0.717) is 0 Å². The smallest absolute Gasteiger partial charge is 0.0729 e. The minimum Gasteiger partial charge on any atom is -0.334 e. The first-order valence-electron chi connectivity index (χ1n) is 4.83. The predicted molar refractivity (Wildman–Crippen MR) is 71.7 cm³/mol. The Bertz CT molecular complexity index is 387. The van der Waals surface area contributed by atoms with E-state index in [2.05, 4.69) is 49.9 Å². The molecule has 0 unspecified atom stereocenters. The maximum Gasteiger partial charge on any atom is 0.0729 e. The monoisotopic (exact) mass is 241 g/mol. The molecule has 15 heavy (non-hydrogen) atoms. The lowest BCUT2D eigenvalue weighted by Crippen LogP contribution is -2.16. The summed E-state index contributed by atoms with van der Waals surface area (Å²) in [4.78, 5) is 3.82. The number of thioether (sulfide) groups is 1. The van der Waals surface area contributed by atoms with Crippen LogP contribution in [0.3, 0.4) is 0 Å². The predicted octanol–water partition coefficient (Wildman–Crippen LogP) is 4.18. The van der Waals surface area contributed by atoms with Crippen LogP contribution in [-0.2, 0) is 0 Å². The molecule has 0 bridgehead atoms. The molecule has 2 rings (SSSR count). The van der Waals surface area contributed by atoms with Crippen LogP contribution in [0.25, 0.3) is 0 Å². The molecule has 1 heterocycles. The zero-order valence-corrected chi connectivity index (χ0v) is 10.9. The number of para-hydroxylation sites is 1. The lowest BCUT2D eigenvalue weighted by molar-refractivity contribution is 1.06. The van der Waals surface area contributed by atoms with Gasteiger partial charge in [-0.3, -0.25) is 0 Å². The van der Waals surface area contributed by atoms with Gasteiger partial charge in [0, 0.05) is 16.3 Å². The van der Waals surface area contributed by atoms with Crippen molar-refractivity contribution in [2.75, 3.05) is 10.8 Å². The van der Waals surface area contributed by atoms with Crippen molar-refractivity contribution in [2.24, 2.45) is 0 Å². The largest absolute Gasteiger partial charge is 0.334 e. The summed E-state index contributed by atoms with van der Waals surface area (Å²) in [5.41, 5.74) is 4.08. The van der Waals surface area contributed by atoms with Crippen LogP contribution in [0.4, 0.5) is 5.69 Å². The van der Waals surface area contributed by atoms with E-state index in [4.69, 9.17) is 0 Å². The number of benzene rings is 1. The van der Waals surface area contributed by atoms with E-state index in [1.807, 2.05) is 11.8 Å². The van der Waals surface area contributed by atoms with Crippen molar-refractivity contribution in [3.05, 3.63) is 40.4 Å². The number of allylic oxidation sites excluding steroid dienone is 2. The lowest BCUT2D eigenvalue weighted by atomic mass is 10.2. The number of halogens is 1. The van der Waals surface area contributed by atoms with Gasteiger partial charge in [-0.2, -0.15) is 0 Å². The van der Waals surface area contributed by atoms with Gasteiger partial charge in [0.05, 0.1) is 5.88 Å². The summed E-state index contributed by atoms with van der Waals surface area (Å²) in [6.07, 6.45) is 0. The zero-order valence-electron chi connectivity index (χ0n) is 9.28. The Balaban J connectivity index is 0.00000112. The Morgan fingerprint density at radius 2 is 1.80 bits per heavy atom. The number of nitrogens with zero attached hydrogens (tertiary/aromatic N) is 1. The van der Waals surface area contributed by atoms with Gasteiger partial charge in [0.25, 0.3) is 0 Å². The summed E-state index contributed by atoms with van der Waals surface area (Å²) < 4.78 is 0. The molecule has 0 atom stereocenters. The standard InChI is InChI=1S/C12H15NS.ClH/c1-9-6-4-5-7-12(9)13-8-14-11(3)10(13)2;/h4-7H,8H2,1-3H3;1H. The van der Waals surface area contributed by atoms with Crippen molar-refractivity contribution in [2.45, 2.75) is 20.8 Å². The zero-order chi connectivity index (χ0) is 10.1. The number of anilines is 1. The van der Waals surface area contributed by atoms with Gasteiger partial charge in [0.15, 0.2) is 0 Å². The average molecular weight is 242 g/mol. The normalized spacial score (nSPS) is 15.5. The quantitative estimate of drug-likeness (QED) is 0.726. The molecule has 0 amide bonds. The highest BCUT2D eigenvalue weighted by Crippen LogP contribution is 2.36. The molecule has 0 spiro atoms. The molecule has 0 saturated heterocycles. The van der Waals surface area contributed by atoms with Gasteiger partial charge in [-0.15, -0.1) is 24.2 Å². The molecule has 1 nitrogen and oxygen atoms in total. The fourth-order valence-electron chi connectivity index (χ4n) is 1.67. The van der Waals surface area contributed by atoms with E-state index in [1.54, 1.807) is 0 Å². The molecule has 1 aromatic rings. The van der Waals surface area contributed by atoms with E-state index in [9.17, 15) is 0 Å². The van der Waals surface area contributed by atoms with Crippen molar-refractivity contribution in [1.82, 2.24) is 0 Å². The molecule has 0 fully saturated rings. The van der Waals surface area contributed by atoms with Gasteiger partial charge in [-0.1, -0.05) is 18.2 Å². The maximum atomic E-state index is 2.38. The van der Waals surface area contributed by atoms with Gasteiger partial charge >= 0.3 is 0 Å². The van der Waals surface area contributed by atoms with Crippen molar-refractivity contribution in [3.63, 3.8) is 0 Å². The Morgan fingerprint density at radius 1 is 1.13 bits per heavy atom. The van der Waals surface area contributed by atoms with E-state index >= 15 is 0 Å². The Kier molecular flexibility index (Phi) is 4.12. The molecular formula is C12H16ClNS. The highest BCUT2D eigenvalue weighted by Gasteiger charge is 2.18. The highest BCUT2D eigenvalue weighted by molar-refractivity contribution is 8.03. The van der Waals surface area contributed by atoms with Crippen LogP contribution in [0.5, 0.6) is 0 Å². The van der Waals surface area contributed by atoms with Gasteiger partial charge < -0.3 is 4.90 Å². The second-order valence-electron chi connectivity index (χ2n) is 3.63. The van der Waals surface area contributed by atoms with Gasteiger partial charge in [-0.05, 0) is 32.4 Å². The van der Waals surface area contributed by atoms with Crippen LogP contribution in [-0.4, -0.2) is 5.88 Å². The number of aryl methyl sites for hydroxylation is 1. The van der Waals surface area contributed by atoms with Crippen molar-refractivity contribution >= 4 is 29.9 Å². The van der Waals surface area contributed by atoms with Crippen molar-refractivity contribution < 1.29 is 0 Å². The fourth-order valence-corrected chi connectivity index (χ4v) is 2.64. The number of rotatable bonds is 1. The summed E-state index contributed by atoms with van der Waals surface area (Å²) >= 11 is 1.92. The third kappa shape index (κ3) is 2.32. The second-order valence-corrected chi connectivity index (χ2v) is 4.79. The highest BCUT2D eigenvalue weighted by atomic mass is 35.5. The first kappa shape index (κ1) is 12.5. The molecule has 1 aromatic carbocycles. The topological polar surface area (TPSA) is 3.24 Å². The molecular weight excluding hydrogens is 226 g/mol. The maximum absolute atomic E-state index is 2.38. The molecule has 1 aliphatic rings. The summed E-state index contributed by atoms with van der Waals surface area (Å²) in [7, 11) is 0. The van der Waals surface area contributed by atoms with Crippen molar-refractivity contribution in [3.8, 4) is 0 Å². The van der Waals surface area contributed by atoms with Gasteiger partial charge in [-0.25, -0.2) is 0 Å². The van der Waals surface area contributed by atoms with Crippen LogP contribution < -0.4 is 4.90 Å². The number of hydrogen-bond donors (Lipinski definition) is 0. The first-order chi connectivity index (χ1) is 6.70. The summed E-state index contributed by atoms with van der Waals surface area (Å²) in [6.45, 7) is 6.56. The summed E-state index contributed by atoms with van der Waals surface area (Å²) in [5.74, 6) is 1.06. The molecule has 0 N–H and O–H groups in total. The SMILES string of the molecule is CC1=C(C)N(c2ccccc2C)CS1.Cl. The van der Waals surface area contributed by atoms with Gasteiger partial charge in [0.1, 0.15) is 0 Å². The Morgan fingerprint density at radius 3 is 2.33 bits per heavy atom. The molecule has 0 saturated carbocycles. The fraction of sp³-hybridized carbons (Fsp3) is 0.333. The first-order valence-corrected chi connectivity index (χ1v) is 5.82. The number of hydrogen-bond acceptors (Lipinski definition) is 2.